The van der Waals surface area contributed by atoms with Gasteiger partial charge in [0, 0.05) is 41.7 Å². The second kappa shape index (κ2) is 9.34. The maximum absolute atomic E-state index is 13.9. The fourth-order valence-electron chi connectivity index (χ4n) is 6.05. The smallest absolute Gasteiger partial charge is 0.255 e. The Labute approximate surface area is 215 Å². The van der Waals surface area contributed by atoms with Crippen molar-refractivity contribution in [1.29, 1.82) is 0 Å². The molecule has 4 atom stereocenters. The van der Waals surface area contributed by atoms with Gasteiger partial charge in [0.25, 0.3) is 5.91 Å². The number of carbonyl (C=O) groups is 3. The van der Waals surface area contributed by atoms with Gasteiger partial charge < -0.3 is 25.3 Å². The molecule has 0 saturated carbocycles. The first-order chi connectivity index (χ1) is 17.9. The van der Waals surface area contributed by atoms with Crippen molar-refractivity contribution in [1.82, 2.24) is 20.5 Å². The van der Waals surface area contributed by atoms with Crippen LogP contribution in [0.1, 0.15) is 59.9 Å². The minimum atomic E-state index is -0.733. The maximum Gasteiger partial charge on any atom is 0.255 e. The van der Waals surface area contributed by atoms with Crippen molar-refractivity contribution >= 4 is 28.6 Å². The third-order valence-corrected chi connectivity index (χ3v) is 7.93. The van der Waals surface area contributed by atoms with Crippen molar-refractivity contribution in [2.75, 3.05) is 13.2 Å². The number of nitrogens with one attached hydrogen (secondary N) is 3. The Balaban J connectivity index is 1.31. The number of H-pyrrole nitrogens is 1. The lowest BCUT2D eigenvalue weighted by Gasteiger charge is -2.38. The molecule has 1 aromatic heterocycles. The summed E-state index contributed by atoms with van der Waals surface area (Å²) in [4.78, 5) is 45.8. The van der Waals surface area contributed by atoms with Crippen molar-refractivity contribution < 1.29 is 19.1 Å². The quantitative estimate of drug-likeness (QED) is 0.484. The molecule has 0 unspecified atom stereocenters. The maximum atomic E-state index is 13.9. The molecule has 6 rings (SSSR count). The van der Waals surface area contributed by atoms with Crippen molar-refractivity contribution in [3.8, 4) is 0 Å². The average Bonchev–Trinajstić information content (AvgIpc) is 3.62. The molecule has 1 fully saturated rings. The molecular formula is C29H32N4O4. The van der Waals surface area contributed by atoms with E-state index >= 15 is 0 Å². The summed E-state index contributed by atoms with van der Waals surface area (Å²) in [5, 5.41) is 7.01. The van der Waals surface area contributed by atoms with E-state index in [1.165, 1.54) is 0 Å². The highest BCUT2D eigenvalue weighted by molar-refractivity contribution is 6.04. The topological polar surface area (TPSA) is 104 Å². The van der Waals surface area contributed by atoms with E-state index in [1.807, 2.05) is 62.4 Å². The number of hydrogen-bond donors (Lipinski definition) is 3. The molecule has 2 aromatic carbocycles. The van der Waals surface area contributed by atoms with E-state index in [1.54, 1.807) is 4.90 Å². The number of carbonyl (C=O) groups excluding carboxylic acids is 3. The number of aromatic amines is 1. The second-order valence-corrected chi connectivity index (χ2v) is 10.6. The van der Waals surface area contributed by atoms with E-state index in [0.29, 0.717) is 18.5 Å². The number of aromatic nitrogens is 1. The highest BCUT2D eigenvalue weighted by atomic mass is 16.5. The van der Waals surface area contributed by atoms with Crippen LogP contribution in [-0.2, 0) is 20.7 Å². The molecule has 0 aliphatic carbocycles. The van der Waals surface area contributed by atoms with Gasteiger partial charge in [0.05, 0.1) is 12.1 Å². The Morgan fingerprint density at radius 2 is 1.92 bits per heavy atom. The van der Waals surface area contributed by atoms with Gasteiger partial charge in [-0.2, -0.15) is 0 Å². The van der Waals surface area contributed by atoms with E-state index in [4.69, 9.17) is 4.74 Å². The third-order valence-electron chi connectivity index (χ3n) is 7.93. The lowest BCUT2D eigenvalue weighted by molar-refractivity contribution is -0.133. The first-order valence-corrected chi connectivity index (χ1v) is 13.1. The molecule has 8 heteroatoms. The molecule has 0 spiro atoms. The minimum absolute atomic E-state index is 0.0209. The molecule has 192 valence electrons. The lowest BCUT2D eigenvalue weighted by atomic mass is 9.89. The highest BCUT2D eigenvalue weighted by Gasteiger charge is 2.49. The first kappa shape index (κ1) is 23.7. The zero-order valence-corrected chi connectivity index (χ0v) is 21.1. The number of rotatable bonds is 6. The number of amides is 3. The Morgan fingerprint density at radius 3 is 2.70 bits per heavy atom. The summed E-state index contributed by atoms with van der Waals surface area (Å²) in [6.07, 6.45) is 2.32. The van der Waals surface area contributed by atoms with Gasteiger partial charge >= 0.3 is 0 Å². The van der Waals surface area contributed by atoms with E-state index in [9.17, 15) is 14.4 Å². The summed E-state index contributed by atoms with van der Waals surface area (Å²) in [7, 11) is 0. The van der Waals surface area contributed by atoms with Crippen LogP contribution in [-0.4, -0.2) is 58.9 Å². The number of hydrogen-bond acceptors (Lipinski definition) is 4. The number of nitrogens with zero attached hydrogens (tertiary/aromatic N) is 1. The molecule has 1 saturated heterocycles. The third kappa shape index (κ3) is 4.00. The normalized spacial score (nSPS) is 23.1. The van der Waals surface area contributed by atoms with E-state index in [-0.39, 0.29) is 35.8 Å². The summed E-state index contributed by atoms with van der Waals surface area (Å²) in [5.74, 6) is -0.819. The SMILES string of the molecule is CC(C)[C@H](NC(=O)[C@@H]1Cc2c([nH]c3ccccc23)[C@H]2c3ccccc3C(=O)N21)C(=O)NC[C@@H]1CCCO1. The van der Waals surface area contributed by atoms with E-state index in [2.05, 4.69) is 15.6 Å². The van der Waals surface area contributed by atoms with E-state index < -0.39 is 12.1 Å². The van der Waals surface area contributed by atoms with Crippen LogP contribution in [0.2, 0.25) is 0 Å². The van der Waals surface area contributed by atoms with Gasteiger partial charge in [-0.25, -0.2) is 0 Å². The van der Waals surface area contributed by atoms with Crippen LogP contribution >= 0.6 is 0 Å². The van der Waals surface area contributed by atoms with Crippen molar-refractivity contribution in [3.05, 3.63) is 70.9 Å². The lowest BCUT2D eigenvalue weighted by Crippen LogP contribution is -2.58. The Bertz CT molecular complexity index is 1370. The Kier molecular flexibility index (Phi) is 5.99. The summed E-state index contributed by atoms with van der Waals surface area (Å²) in [6.45, 7) is 4.97. The number of benzene rings is 2. The van der Waals surface area contributed by atoms with Gasteiger partial charge in [-0.3, -0.25) is 14.4 Å². The zero-order valence-electron chi connectivity index (χ0n) is 21.1. The van der Waals surface area contributed by atoms with Gasteiger partial charge in [0.2, 0.25) is 11.8 Å². The van der Waals surface area contributed by atoms with Gasteiger partial charge in [-0.1, -0.05) is 50.2 Å². The average molecular weight is 501 g/mol. The van der Waals surface area contributed by atoms with Crippen LogP contribution in [0.15, 0.2) is 48.5 Å². The van der Waals surface area contributed by atoms with Crippen LogP contribution in [0.5, 0.6) is 0 Å². The summed E-state index contributed by atoms with van der Waals surface area (Å²) in [6, 6.07) is 13.8. The highest BCUT2D eigenvalue weighted by Crippen LogP contribution is 2.46. The zero-order chi connectivity index (χ0) is 25.7. The van der Waals surface area contributed by atoms with Gasteiger partial charge in [0.15, 0.2) is 0 Å². The summed E-state index contributed by atoms with van der Waals surface area (Å²) < 4.78 is 5.62. The standard InChI is InChI=1S/C29H32N4O4/c1-16(2)24(28(35)30-15-17-8-7-13-37-17)32-27(34)23-14-21-18-9-5-6-12-22(18)31-25(21)26-19-10-3-4-11-20(19)29(36)33(23)26/h3-6,9-12,16-17,23-24,26,31H,7-8,13-15H2,1-2H3,(H,30,35)(H,32,34)/t17-,23-,24-,26+/m0/s1. The van der Waals surface area contributed by atoms with Crippen LogP contribution in [0.4, 0.5) is 0 Å². The van der Waals surface area contributed by atoms with Crippen LogP contribution in [0, 0.1) is 5.92 Å². The number of para-hydroxylation sites is 1. The van der Waals surface area contributed by atoms with Gasteiger partial charge in [-0.15, -0.1) is 0 Å². The van der Waals surface area contributed by atoms with Gasteiger partial charge in [0.1, 0.15) is 12.1 Å². The number of fused-ring (bicyclic) bond motifs is 7. The molecule has 8 nitrogen and oxygen atoms in total. The summed E-state index contributed by atoms with van der Waals surface area (Å²) in [5.41, 5.74) is 4.50. The Morgan fingerprint density at radius 1 is 1.14 bits per heavy atom. The second-order valence-electron chi connectivity index (χ2n) is 10.6. The largest absolute Gasteiger partial charge is 0.376 e. The predicted octanol–water partition coefficient (Wildman–Crippen LogP) is 3.07. The van der Waals surface area contributed by atoms with Crippen molar-refractivity contribution in [2.24, 2.45) is 5.92 Å². The molecule has 3 N–H and O–H groups in total. The first-order valence-electron chi connectivity index (χ1n) is 13.1. The van der Waals surface area contributed by atoms with Crippen molar-refractivity contribution in [3.63, 3.8) is 0 Å². The molecule has 0 bridgehead atoms. The van der Waals surface area contributed by atoms with Crippen LogP contribution < -0.4 is 10.6 Å². The minimum Gasteiger partial charge on any atom is -0.376 e. The molecule has 3 aliphatic heterocycles. The predicted molar refractivity (Wildman–Crippen MR) is 139 cm³/mol. The Hall–Kier alpha value is -3.65. The molecule has 4 heterocycles. The molecule has 3 aliphatic rings. The summed E-state index contributed by atoms with van der Waals surface area (Å²) >= 11 is 0. The molecule has 3 aromatic rings. The van der Waals surface area contributed by atoms with Crippen LogP contribution in [0.3, 0.4) is 0 Å². The van der Waals surface area contributed by atoms with Crippen molar-refractivity contribution in [2.45, 2.75) is 57.3 Å². The van der Waals surface area contributed by atoms with E-state index in [0.717, 1.165) is 47.2 Å². The molecular weight excluding hydrogens is 468 g/mol. The fraction of sp³-hybridized carbons (Fsp3) is 0.414. The fourth-order valence-corrected chi connectivity index (χ4v) is 6.05. The van der Waals surface area contributed by atoms with Gasteiger partial charge in [-0.05, 0) is 42.0 Å². The molecule has 0 radical (unpaired) electrons. The molecule has 37 heavy (non-hydrogen) atoms. The monoisotopic (exact) mass is 500 g/mol. The molecule has 3 amide bonds. The van der Waals surface area contributed by atoms with Crippen LogP contribution in [0.25, 0.3) is 10.9 Å². The number of ether oxygens (including phenoxy) is 1.